The molecule has 2 aromatic rings. The summed E-state index contributed by atoms with van der Waals surface area (Å²) >= 11 is 3.95. The van der Waals surface area contributed by atoms with Crippen molar-refractivity contribution < 1.29 is 18.3 Å². The number of carboxylic acids is 1. The maximum Gasteiger partial charge on any atom is 0.345 e. The van der Waals surface area contributed by atoms with E-state index in [0.717, 1.165) is 17.4 Å². The van der Waals surface area contributed by atoms with Crippen molar-refractivity contribution in [3.05, 3.63) is 32.9 Å². The molecule has 114 valence electrons. The van der Waals surface area contributed by atoms with Gasteiger partial charge in [0.25, 0.3) is 0 Å². The molecule has 1 atom stereocenters. The minimum absolute atomic E-state index is 0.0479. The van der Waals surface area contributed by atoms with E-state index in [-0.39, 0.29) is 13.6 Å². The van der Waals surface area contributed by atoms with E-state index in [0.29, 0.717) is 12.2 Å². The quantitative estimate of drug-likeness (QED) is 0.696. The van der Waals surface area contributed by atoms with E-state index in [1.165, 1.54) is 6.20 Å². The lowest BCUT2D eigenvalue weighted by Gasteiger charge is -2.14. The molecule has 2 heterocycles. The van der Waals surface area contributed by atoms with Crippen molar-refractivity contribution >= 4 is 43.3 Å². The number of sulfonamides is 1. The monoisotopic (exact) mass is 393 g/mol. The Labute approximate surface area is 133 Å². The molecule has 0 radical (unpaired) electrons. The third-order valence-corrected chi connectivity index (χ3v) is 6.42. The van der Waals surface area contributed by atoms with Crippen molar-refractivity contribution in [1.29, 1.82) is 0 Å². The highest BCUT2D eigenvalue weighted by Crippen LogP contribution is 2.32. The Morgan fingerprint density at radius 2 is 2.33 bits per heavy atom. The predicted octanol–water partition coefficient (Wildman–Crippen LogP) is 2.36. The van der Waals surface area contributed by atoms with Crippen molar-refractivity contribution in [3.8, 4) is 0 Å². The third kappa shape index (κ3) is 3.51. The lowest BCUT2D eigenvalue weighted by Crippen LogP contribution is -2.29. The number of carbonyl (C=O) groups is 1. The average Bonchev–Trinajstić information content (AvgIpc) is 3.05. The first-order valence-electron chi connectivity index (χ1n) is 5.89. The van der Waals surface area contributed by atoms with E-state index in [4.69, 9.17) is 5.11 Å². The molecule has 0 aliphatic rings. The molecule has 0 saturated carbocycles. The molecule has 0 amide bonds. The minimum atomic E-state index is -3.85. The highest BCUT2D eigenvalue weighted by atomic mass is 79.9. The maximum atomic E-state index is 12.4. The number of imidazole rings is 1. The molecular formula is C11H12BrN3O4S2. The zero-order valence-electron chi connectivity index (χ0n) is 10.8. The van der Waals surface area contributed by atoms with Crippen molar-refractivity contribution in [3.63, 3.8) is 0 Å². The Kier molecular flexibility index (Phi) is 4.81. The van der Waals surface area contributed by atoms with Gasteiger partial charge in [-0.1, -0.05) is 6.92 Å². The minimum Gasteiger partial charge on any atom is -0.477 e. The second-order valence-corrected chi connectivity index (χ2v) is 8.16. The molecule has 0 bridgehead atoms. The standard InChI is InChI=1S/C11H12BrN3O4S2/c1-2-6(10-13-3-4-14-10)15-21(18,19)8-5-7(11(16)17)20-9(8)12/h3-6,15H,2H2,1H3,(H,13,14)(H,16,17). The van der Waals surface area contributed by atoms with Gasteiger partial charge in [-0.3, -0.25) is 0 Å². The molecule has 0 fully saturated rings. The van der Waals surface area contributed by atoms with Gasteiger partial charge in [-0.15, -0.1) is 11.3 Å². The lowest BCUT2D eigenvalue weighted by atomic mass is 10.2. The van der Waals surface area contributed by atoms with Crippen LogP contribution >= 0.6 is 27.3 Å². The van der Waals surface area contributed by atoms with Crippen molar-refractivity contribution in [2.24, 2.45) is 0 Å². The number of carboxylic acid groups (broad SMARTS) is 1. The normalized spacial score (nSPS) is 13.2. The number of nitrogens with one attached hydrogen (secondary N) is 2. The summed E-state index contributed by atoms with van der Waals surface area (Å²) in [4.78, 5) is 17.7. The molecule has 1 unspecified atom stereocenters. The highest BCUT2D eigenvalue weighted by molar-refractivity contribution is 9.11. The first-order valence-corrected chi connectivity index (χ1v) is 8.98. The van der Waals surface area contributed by atoms with Crippen molar-refractivity contribution in [1.82, 2.24) is 14.7 Å². The van der Waals surface area contributed by atoms with Gasteiger partial charge in [-0.2, -0.15) is 0 Å². The smallest absolute Gasteiger partial charge is 0.345 e. The molecule has 10 heteroatoms. The first kappa shape index (κ1) is 16.1. The number of thiophene rings is 1. The van der Waals surface area contributed by atoms with E-state index in [1.807, 2.05) is 6.92 Å². The fraction of sp³-hybridized carbons (Fsp3) is 0.273. The molecule has 2 aromatic heterocycles. The van der Waals surface area contributed by atoms with Gasteiger partial charge in [0, 0.05) is 12.4 Å². The molecule has 0 aliphatic carbocycles. The number of aromatic nitrogens is 2. The van der Waals surface area contributed by atoms with Gasteiger partial charge in [-0.25, -0.2) is 22.9 Å². The van der Waals surface area contributed by atoms with Crippen LogP contribution in [-0.2, 0) is 10.0 Å². The Morgan fingerprint density at radius 3 is 2.81 bits per heavy atom. The fourth-order valence-electron chi connectivity index (χ4n) is 1.69. The molecule has 0 aromatic carbocycles. The second-order valence-electron chi connectivity index (χ2n) is 4.11. The second kappa shape index (κ2) is 6.26. The van der Waals surface area contributed by atoms with Crippen LogP contribution in [0.1, 0.15) is 34.9 Å². The predicted molar refractivity (Wildman–Crippen MR) is 80.9 cm³/mol. The summed E-state index contributed by atoms with van der Waals surface area (Å²) in [5.74, 6) is -0.661. The number of rotatable bonds is 6. The molecule has 0 spiro atoms. The van der Waals surface area contributed by atoms with Gasteiger partial charge < -0.3 is 10.1 Å². The highest BCUT2D eigenvalue weighted by Gasteiger charge is 2.26. The van der Waals surface area contributed by atoms with Crippen LogP contribution in [0, 0.1) is 0 Å². The van der Waals surface area contributed by atoms with E-state index >= 15 is 0 Å². The number of hydrogen-bond donors (Lipinski definition) is 3. The Balaban J connectivity index is 2.32. The molecule has 0 aliphatic heterocycles. The number of aromatic amines is 1. The molecule has 7 nitrogen and oxygen atoms in total. The molecular weight excluding hydrogens is 382 g/mol. The Bertz CT molecular complexity index is 740. The molecule has 21 heavy (non-hydrogen) atoms. The summed E-state index contributed by atoms with van der Waals surface area (Å²) in [6, 6.07) is 0.624. The van der Waals surface area contributed by atoms with Crippen LogP contribution in [0.4, 0.5) is 0 Å². The van der Waals surface area contributed by atoms with Gasteiger partial charge in [0.15, 0.2) is 0 Å². The van der Waals surface area contributed by atoms with Gasteiger partial charge in [-0.05, 0) is 28.4 Å². The number of hydrogen-bond acceptors (Lipinski definition) is 5. The van der Waals surface area contributed by atoms with E-state index in [1.54, 1.807) is 6.20 Å². The van der Waals surface area contributed by atoms with Crippen LogP contribution in [-0.4, -0.2) is 29.5 Å². The average molecular weight is 394 g/mol. The van der Waals surface area contributed by atoms with Gasteiger partial charge in [0.05, 0.1) is 9.83 Å². The molecule has 3 N–H and O–H groups in total. The van der Waals surface area contributed by atoms with Gasteiger partial charge >= 0.3 is 5.97 Å². The van der Waals surface area contributed by atoms with Crippen LogP contribution in [0.3, 0.4) is 0 Å². The van der Waals surface area contributed by atoms with Crippen LogP contribution in [0.25, 0.3) is 0 Å². The maximum absolute atomic E-state index is 12.4. The van der Waals surface area contributed by atoms with Crippen molar-refractivity contribution in [2.75, 3.05) is 0 Å². The lowest BCUT2D eigenvalue weighted by molar-refractivity contribution is 0.0702. The zero-order chi connectivity index (χ0) is 15.6. The largest absolute Gasteiger partial charge is 0.477 e. The zero-order valence-corrected chi connectivity index (χ0v) is 14.0. The summed E-state index contributed by atoms with van der Waals surface area (Å²) in [6.45, 7) is 1.82. The van der Waals surface area contributed by atoms with Crippen LogP contribution in [0.5, 0.6) is 0 Å². The van der Waals surface area contributed by atoms with Gasteiger partial charge in [0.2, 0.25) is 10.0 Å². The molecule has 0 saturated heterocycles. The number of nitrogens with zero attached hydrogens (tertiary/aromatic N) is 1. The van der Waals surface area contributed by atoms with Crippen LogP contribution in [0.2, 0.25) is 0 Å². The Morgan fingerprint density at radius 1 is 1.62 bits per heavy atom. The van der Waals surface area contributed by atoms with Crippen molar-refractivity contribution in [2.45, 2.75) is 24.3 Å². The van der Waals surface area contributed by atoms with Crippen LogP contribution in [0.15, 0.2) is 27.1 Å². The number of halogens is 1. The molecule has 2 rings (SSSR count). The van der Waals surface area contributed by atoms with E-state index < -0.39 is 22.0 Å². The summed E-state index contributed by atoms with van der Waals surface area (Å²) in [5, 5.41) is 8.93. The van der Waals surface area contributed by atoms with E-state index in [9.17, 15) is 13.2 Å². The first-order chi connectivity index (χ1) is 9.85. The number of aromatic carboxylic acids is 1. The fourth-order valence-corrected chi connectivity index (χ4v) is 5.38. The number of H-pyrrole nitrogens is 1. The summed E-state index contributed by atoms with van der Waals surface area (Å²) in [5.41, 5.74) is 0. The SMILES string of the molecule is CCC(NS(=O)(=O)c1cc(C(=O)O)sc1Br)c1ncc[nH]1. The third-order valence-electron chi connectivity index (χ3n) is 2.71. The summed E-state index contributed by atoms with van der Waals surface area (Å²) < 4.78 is 27.5. The summed E-state index contributed by atoms with van der Waals surface area (Å²) in [7, 11) is -3.85. The van der Waals surface area contributed by atoms with Gasteiger partial charge in [0.1, 0.15) is 15.6 Å². The van der Waals surface area contributed by atoms with E-state index in [2.05, 4.69) is 30.6 Å². The Hall–Kier alpha value is -1.23. The summed E-state index contributed by atoms with van der Waals surface area (Å²) in [6.07, 6.45) is 3.64. The van der Waals surface area contributed by atoms with Crippen LogP contribution < -0.4 is 4.72 Å². The topological polar surface area (TPSA) is 112 Å².